The number of fused-ring (bicyclic) bond motifs is 1. The van der Waals surface area contributed by atoms with Gasteiger partial charge in [-0.15, -0.1) is 0 Å². The maximum absolute atomic E-state index is 13.4. The zero-order chi connectivity index (χ0) is 26.7. The number of anilines is 1. The number of imidazole rings is 1. The van der Waals surface area contributed by atoms with Gasteiger partial charge in [0.15, 0.2) is 0 Å². The summed E-state index contributed by atoms with van der Waals surface area (Å²) in [7, 11) is -10.1. The molecule has 2 N–H and O–H groups in total. The van der Waals surface area contributed by atoms with E-state index < -0.39 is 32.2 Å². The molecule has 5 rings (SSSR count). The van der Waals surface area contributed by atoms with E-state index in [1.165, 1.54) is 12.1 Å². The molecular formula is C23H16F5N7OS. The van der Waals surface area contributed by atoms with Crippen molar-refractivity contribution in [3.05, 3.63) is 83.9 Å². The fourth-order valence-electron chi connectivity index (χ4n) is 3.78. The highest BCUT2D eigenvalue weighted by Gasteiger charge is 2.65. The Balaban J connectivity index is 1.50. The summed E-state index contributed by atoms with van der Waals surface area (Å²) in [4.78, 5) is 10.4. The molecule has 2 aromatic carbocycles. The van der Waals surface area contributed by atoms with E-state index in [2.05, 4.69) is 20.6 Å². The Hall–Kier alpha value is -4.64. The van der Waals surface area contributed by atoms with Gasteiger partial charge in [0.1, 0.15) is 10.5 Å². The third-order valence-corrected chi connectivity index (χ3v) is 6.71. The van der Waals surface area contributed by atoms with E-state index in [1.54, 1.807) is 46.0 Å². The van der Waals surface area contributed by atoms with Crippen LogP contribution in [0.1, 0.15) is 21.5 Å². The minimum absolute atomic E-state index is 0.0307. The van der Waals surface area contributed by atoms with Crippen LogP contribution >= 0.6 is 10.2 Å². The number of nitrogens with one attached hydrogen (secondary N) is 2. The minimum Gasteiger partial charge on any atom is -0.322 e. The molecule has 3 aromatic heterocycles. The second-order valence-corrected chi connectivity index (χ2v) is 10.7. The number of aryl methyl sites for hydroxylation is 1. The van der Waals surface area contributed by atoms with E-state index in [9.17, 15) is 24.2 Å². The van der Waals surface area contributed by atoms with Crippen LogP contribution in [0.4, 0.5) is 25.1 Å². The van der Waals surface area contributed by atoms with Crippen molar-refractivity contribution < 1.29 is 24.2 Å². The molecule has 0 saturated carbocycles. The second-order valence-electron chi connectivity index (χ2n) is 8.27. The Bertz CT molecular complexity index is 1730. The Morgan fingerprint density at radius 1 is 1.08 bits per heavy atom. The van der Waals surface area contributed by atoms with Crippen molar-refractivity contribution in [1.29, 1.82) is 5.26 Å². The predicted molar refractivity (Wildman–Crippen MR) is 127 cm³/mol. The largest absolute Gasteiger partial charge is 0.322 e. The van der Waals surface area contributed by atoms with Gasteiger partial charge in [0.25, 0.3) is 5.91 Å². The van der Waals surface area contributed by atoms with Crippen LogP contribution < -0.4 is 5.32 Å². The standard InChI is InChI=1S/C23H16F5N7OS/c1-14-2-3-18(32-23(36)16-6-15(11-29)7-19(8-16)37(24,25,26,27)28)9-21(14)34-4-5-35-22(34)10-20(33-35)17-12-30-31-13-17/h2-10,12-13H,1H3,(H,30,31)(H,32,36). The molecule has 0 aliphatic carbocycles. The first kappa shape index (κ1) is 24.1. The van der Waals surface area contributed by atoms with Gasteiger partial charge in [0.2, 0.25) is 0 Å². The first-order valence-electron chi connectivity index (χ1n) is 10.5. The lowest BCUT2D eigenvalue weighted by molar-refractivity contribution is 0.102. The predicted octanol–water partition coefficient (Wildman–Crippen LogP) is 6.60. The molecule has 8 nitrogen and oxygen atoms in total. The number of H-pyrrole nitrogens is 1. The van der Waals surface area contributed by atoms with Crippen LogP contribution in [0.3, 0.4) is 0 Å². The quantitative estimate of drug-likeness (QED) is 0.248. The number of aromatic amines is 1. The molecule has 5 aromatic rings. The maximum atomic E-state index is 13.4. The zero-order valence-electron chi connectivity index (χ0n) is 18.8. The van der Waals surface area contributed by atoms with Gasteiger partial charge < -0.3 is 5.32 Å². The van der Waals surface area contributed by atoms with Gasteiger partial charge in [0.05, 0.1) is 29.2 Å². The van der Waals surface area contributed by atoms with Gasteiger partial charge in [-0.05, 0) is 42.8 Å². The maximum Gasteiger partial charge on any atom is 0.310 e. The number of amides is 1. The molecule has 1 amide bonds. The fourth-order valence-corrected chi connectivity index (χ4v) is 4.48. The smallest absolute Gasteiger partial charge is 0.310 e. The van der Waals surface area contributed by atoms with Gasteiger partial charge in [-0.25, -0.2) is 4.52 Å². The lowest BCUT2D eigenvalue weighted by atomic mass is 10.1. The fraction of sp³-hybridized carbons (Fsp3) is 0.0435. The highest BCUT2D eigenvalue weighted by atomic mass is 32.5. The molecule has 0 aliphatic heterocycles. The van der Waals surface area contributed by atoms with Gasteiger partial charge in [0, 0.05) is 41.5 Å². The number of halogens is 5. The molecular weight excluding hydrogens is 517 g/mol. The SMILES string of the molecule is Cc1ccc(NC(=O)c2cc(C#N)cc(S(F)(F)(F)(F)F)c2)cc1-n1ccn2nc(-c3cn[nH]c3)cc12. The topological polar surface area (TPSA) is 104 Å². The molecule has 3 heterocycles. The first-order valence-corrected chi connectivity index (χ1v) is 12.4. The van der Waals surface area contributed by atoms with Crippen molar-refractivity contribution >= 4 is 27.5 Å². The lowest BCUT2D eigenvalue weighted by Crippen LogP contribution is -2.15. The molecule has 190 valence electrons. The average Bonchev–Trinajstić information content (AvgIpc) is 3.56. The monoisotopic (exact) mass is 533 g/mol. The number of benzene rings is 2. The van der Waals surface area contributed by atoms with Crippen molar-refractivity contribution in [2.75, 3.05) is 5.32 Å². The van der Waals surface area contributed by atoms with Crippen LogP contribution in [-0.2, 0) is 0 Å². The van der Waals surface area contributed by atoms with E-state index in [0.29, 0.717) is 17.0 Å². The number of nitrogens with zero attached hydrogens (tertiary/aromatic N) is 5. The molecule has 0 radical (unpaired) electrons. The Kier molecular flexibility index (Phi) is 4.84. The number of rotatable bonds is 5. The van der Waals surface area contributed by atoms with E-state index in [-0.39, 0.29) is 17.8 Å². The minimum atomic E-state index is -10.1. The van der Waals surface area contributed by atoms with Crippen LogP contribution in [0.2, 0.25) is 0 Å². The average molecular weight is 533 g/mol. The third-order valence-electron chi connectivity index (χ3n) is 5.58. The van der Waals surface area contributed by atoms with Crippen LogP contribution in [-0.4, -0.2) is 30.3 Å². The number of carbonyl (C=O) groups is 1. The third kappa shape index (κ3) is 4.64. The summed E-state index contributed by atoms with van der Waals surface area (Å²) < 4.78 is 70.2. The number of hydrogen-bond acceptors (Lipinski definition) is 4. The van der Waals surface area contributed by atoms with E-state index in [1.807, 2.05) is 13.0 Å². The highest BCUT2D eigenvalue weighted by molar-refractivity contribution is 8.45. The first-order chi connectivity index (χ1) is 17.2. The van der Waals surface area contributed by atoms with Crippen LogP contribution in [0.5, 0.6) is 0 Å². The summed E-state index contributed by atoms with van der Waals surface area (Å²) in [5.41, 5.74) is 2.31. The molecule has 0 fully saturated rings. The summed E-state index contributed by atoms with van der Waals surface area (Å²) in [6.45, 7) is 1.82. The summed E-state index contributed by atoms with van der Waals surface area (Å²) in [5, 5.41) is 22.6. The Morgan fingerprint density at radius 2 is 1.86 bits per heavy atom. The van der Waals surface area contributed by atoms with Crippen molar-refractivity contribution in [3.8, 4) is 23.0 Å². The molecule has 0 atom stereocenters. The van der Waals surface area contributed by atoms with Gasteiger partial charge in [-0.3, -0.25) is 14.5 Å². The molecule has 0 bridgehead atoms. The molecule has 0 spiro atoms. The molecule has 0 aliphatic rings. The number of carbonyl (C=O) groups excluding carboxylic acids is 1. The summed E-state index contributed by atoms with van der Waals surface area (Å²) in [6.07, 6.45) is 6.78. The van der Waals surface area contributed by atoms with E-state index in [4.69, 9.17) is 5.26 Å². The summed E-state index contributed by atoms with van der Waals surface area (Å²) >= 11 is 0. The molecule has 0 unspecified atom stereocenters. The Morgan fingerprint density at radius 3 is 2.54 bits per heavy atom. The normalized spacial score (nSPS) is 13.6. The second kappa shape index (κ2) is 7.43. The highest BCUT2D eigenvalue weighted by Crippen LogP contribution is 3.02. The number of nitriles is 1. The van der Waals surface area contributed by atoms with Crippen molar-refractivity contribution in [2.24, 2.45) is 0 Å². The molecule has 14 heteroatoms. The summed E-state index contributed by atoms with van der Waals surface area (Å²) in [6, 6.07) is 8.88. The van der Waals surface area contributed by atoms with Gasteiger partial charge in [-0.1, -0.05) is 25.5 Å². The number of hydrogen-bond donors (Lipinski definition) is 2. The van der Waals surface area contributed by atoms with Crippen molar-refractivity contribution in [3.63, 3.8) is 0 Å². The molecule has 0 saturated heterocycles. The van der Waals surface area contributed by atoms with Crippen LogP contribution in [0.15, 0.2) is 72.1 Å². The number of aromatic nitrogens is 5. The van der Waals surface area contributed by atoms with E-state index in [0.717, 1.165) is 17.2 Å². The van der Waals surface area contributed by atoms with Gasteiger partial charge in [-0.2, -0.15) is 15.5 Å². The molecule has 37 heavy (non-hydrogen) atoms. The van der Waals surface area contributed by atoms with Crippen LogP contribution in [0.25, 0.3) is 22.6 Å². The van der Waals surface area contributed by atoms with Crippen molar-refractivity contribution in [1.82, 2.24) is 24.4 Å². The van der Waals surface area contributed by atoms with Crippen molar-refractivity contribution in [2.45, 2.75) is 11.8 Å². The van der Waals surface area contributed by atoms with Crippen LogP contribution in [0, 0.1) is 18.3 Å². The van der Waals surface area contributed by atoms with Gasteiger partial charge >= 0.3 is 10.2 Å². The summed E-state index contributed by atoms with van der Waals surface area (Å²) in [5.74, 6) is -1.08. The Labute approximate surface area is 205 Å². The zero-order valence-corrected chi connectivity index (χ0v) is 19.6. The lowest BCUT2D eigenvalue weighted by Gasteiger charge is -2.40. The van der Waals surface area contributed by atoms with E-state index >= 15 is 0 Å².